The number of anilines is 1. The molecule has 0 heterocycles. The number of benzene rings is 1. The number of carbonyl (C=O) groups is 1. The van der Waals surface area contributed by atoms with Crippen LogP contribution < -0.4 is 5.73 Å². The fourth-order valence-electron chi connectivity index (χ4n) is 1.18. The maximum absolute atomic E-state index is 11.5. The van der Waals surface area contributed by atoms with E-state index in [2.05, 4.69) is 0 Å². The van der Waals surface area contributed by atoms with Crippen LogP contribution in [0.15, 0.2) is 24.3 Å². The maximum Gasteiger partial charge on any atom is 0.310 e. The Labute approximate surface area is 95.3 Å². The molecule has 0 amide bonds. The quantitative estimate of drug-likeness (QED) is 0.605. The van der Waals surface area contributed by atoms with Crippen LogP contribution in [0.3, 0.4) is 0 Å². The minimum absolute atomic E-state index is 0.0860. The first-order chi connectivity index (χ1) is 7.63. The van der Waals surface area contributed by atoms with Crippen molar-refractivity contribution in [1.29, 1.82) is 0 Å². The van der Waals surface area contributed by atoms with Crippen molar-refractivity contribution in [1.82, 2.24) is 0 Å². The lowest BCUT2D eigenvalue weighted by Crippen LogP contribution is -2.18. The van der Waals surface area contributed by atoms with Crippen LogP contribution in [-0.4, -0.2) is 25.8 Å². The third-order valence-corrected chi connectivity index (χ3v) is 2.27. The normalized spacial score (nSPS) is 12.1. The van der Waals surface area contributed by atoms with Crippen LogP contribution in [0.1, 0.15) is 12.5 Å². The summed E-state index contributed by atoms with van der Waals surface area (Å²) in [5, 5.41) is 0. The molecule has 2 N–H and O–H groups in total. The van der Waals surface area contributed by atoms with Gasteiger partial charge in [-0.3, -0.25) is 4.79 Å². The molecule has 0 aliphatic rings. The number of methoxy groups -OCH3 is 1. The van der Waals surface area contributed by atoms with Crippen molar-refractivity contribution in [3.8, 4) is 0 Å². The van der Waals surface area contributed by atoms with Gasteiger partial charge in [-0.25, -0.2) is 0 Å². The molecule has 1 atom stereocenters. The van der Waals surface area contributed by atoms with Gasteiger partial charge in [0, 0.05) is 12.8 Å². The van der Waals surface area contributed by atoms with Gasteiger partial charge in [-0.05, 0) is 18.6 Å². The predicted octanol–water partition coefficient (Wildman–Crippen LogP) is 1.39. The summed E-state index contributed by atoms with van der Waals surface area (Å²) >= 11 is 0. The van der Waals surface area contributed by atoms with E-state index >= 15 is 0 Å². The van der Waals surface area contributed by atoms with E-state index in [1.807, 2.05) is 25.1 Å². The average molecular weight is 223 g/mol. The first-order valence-electron chi connectivity index (χ1n) is 5.15. The number of para-hydroxylation sites is 1. The number of rotatable bonds is 5. The van der Waals surface area contributed by atoms with Gasteiger partial charge < -0.3 is 15.2 Å². The summed E-state index contributed by atoms with van der Waals surface area (Å²) in [6.45, 7) is 2.10. The van der Waals surface area contributed by atoms with Crippen LogP contribution in [0, 0.1) is 0 Å². The van der Waals surface area contributed by atoms with Gasteiger partial charge in [-0.15, -0.1) is 0 Å². The molecule has 0 saturated heterocycles. The minimum atomic E-state index is -0.290. The van der Waals surface area contributed by atoms with Crippen molar-refractivity contribution in [3.63, 3.8) is 0 Å². The highest BCUT2D eigenvalue weighted by Crippen LogP contribution is 2.11. The Bertz CT molecular complexity index is 352. The zero-order valence-electron chi connectivity index (χ0n) is 9.60. The summed E-state index contributed by atoms with van der Waals surface area (Å²) in [5.41, 5.74) is 7.12. The number of hydrogen-bond acceptors (Lipinski definition) is 4. The Kier molecular flexibility index (Phi) is 4.79. The lowest BCUT2D eigenvalue weighted by atomic mass is 10.1. The topological polar surface area (TPSA) is 61.5 Å². The molecule has 0 aliphatic heterocycles. The van der Waals surface area contributed by atoms with Crippen LogP contribution in [-0.2, 0) is 20.7 Å². The monoisotopic (exact) mass is 223 g/mol. The Morgan fingerprint density at radius 1 is 1.44 bits per heavy atom. The summed E-state index contributed by atoms with van der Waals surface area (Å²) in [6, 6.07) is 7.25. The number of esters is 1. The summed E-state index contributed by atoms with van der Waals surface area (Å²) in [7, 11) is 1.58. The first kappa shape index (κ1) is 12.5. The second-order valence-corrected chi connectivity index (χ2v) is 3.60. The van der Waals surface area contributed by atoms with Gasteiger partial charge >= 0.3 is 5.97 Å². The number of carbonyl (C=O) groups excluding carboxylic acids is 1. The molecule has 0 saturated carbocycles. The molecule has 1 rings (SSSR count). The second kappa shape index (κ2) is 6.12. The first-order valence-corrected chi connectivity index (χ1v) is 5.15. The molecule has 4 heteroatoms. The molecule has 0 radical (unpaired) electrons. The molecule has 0 spiro atoms. The lowest BCUT2D eigenvalue weighted by molar-refractivity contribution is -0.146. The highest BCUT2D eigenvalue weighted by Gasteiger charge is 2.09. The second-order valence-electron chi connectivity index (χ2n) is 3.60. The fraction of sp³-hybridized carbons (Fsp3) is 0.417. The highest BCUT2D eigenvalue weighted by molar-refractivity contribution is 5.74. The van der Waals surface area contributed by atoms with Gasteiger partial charge in [0.25, 0.3) is 0 Å². The Hall–Kier alpha value is -1.55. The molecule has 4 nitrogen and oxygen atoms in total. The summed E-state index contributed by atoms with van der Waals surface area (Å²) in [5.74, 6) is -0.290. The van der Waals surface area contributed by atoms with Crippen molar-refractivity contribution < 1.29 is 14.3 Å². The molecule has 0 aromatic heterocycles. The number of ether oxygens (including phenoxy) is 2. The van der Waals surface area contributed by atoms with Gasteiger partial charge in [-0.2, -0.15) is 0 Å². The van der Waals surface area contributed by atoms with Gasteiger partial charge in [0.05, 0.1) is 12.5 Å². The third kappa shape index (κ3) is 3.90. The van der Waals surface area contributed by atoms with Crippen molar-refractivity contribution >= 4 is 11.7 Å². The molecule has 1 aromatic rings. The maximum atomic E-state index is 11.5. The van der Waals surface area contributed by atoms with E-state index in [0.717, 1.165) is 5.56 Å². The lowest BCUT2D eigenvalue weighted by Gasteiger charge is -2.10. The van der Waals surface area contributed by atoms with E-state index in [1.165, 1.54) is 0 Å². The van der Waals surface area contributed by atoms with Gasteiger partial charge in [0.2, 0.25) is 0 Å². The van der Waals surface area contributed by atoms with Crippen LogP contribution in [0.25, 0.3) is 0 Å². The van der Waals surface area contributed by atoms with Crippen LogP contribution in [0.5, 0.6) is 0 Å². The summed E-state index contributed by atoms with van der Waals surface area (Å²) in [4.78, 5) is 11.5. The van der Waals surface area contributed by atoms with E-state index in [9.17, 15) is 4.79 Å². The van der Waals surface area contributed by atoms with E-state index in [1.54, 1.807) is 13.2 Å². The largest absolute Gasteiger partial charge is 0.463 e. The average Bonchev–Trinajstić information content (AvgIpc) is 2.29. The fourth-order valence-corrected chi connectivity index (χ4v) is 1.18. The van der Waals surface area contributed by atoms with Crippen molar-refractivity contribution in [2.75, 3.05) is 19.5 Å². The van der Waals surface area contributed by atoms with Gasteiger partial charge in [-0.1, -0.05) is 18.2 Å². The van der Waals surface area contributed by atoms with Crippen molar-refractivity contribution in [2.24, 2.45) is 0 Å². The molecule has 0 fully saturated rings. The predicted molar refractivity (Wildman–Crippen MR) is 62.0 cm³/mol. The Morgan fingerprint density at radius 2 is 2.12 bits per heavy atom. The van der Waals surface area contributed by atoms with Crippen molar-refractivity contribution in [3.05, 3.63) is 29.8 Å². The molecular formula is C12H17NO3. The van der Waals surface area contributed by atoms with Gasteiger partial charge in [0.1, 0.15) is 6.61 Å². The van der Waals surface area contributed by atoms with E-state index in [-0.39, 0.29) is 25.1 Å². The Balaban J connectivity index is 2.43. The van der Waals surface area contributed by atoms with E-state index < -0.39 is 0 Å². The number of hydrogen-bond donors (Lipinski definition) is 1. The van der Waals surface area contributed by atoms with Crippen LogP contribution >= 0.6 is 0 Å². The third-order valence-electron chi connectivity index (χ3n) is 2.27. The van der Waals surface area contributed by atoms with Crippen LogP contribution in [0.2, 0.25) is 0 Å². The zero-order valence-corrected chi connectivity index (χ0v) is 9.60. The smallest absolute Gasteiger partial charge is 0.310 e. The molecule has 1 aromatic carbocycles. The number of nitrogens with two attached hydrogens (primary N) is 1. The molecule has 88 valence electrons. The van der Waals surface area contributed by atoms with Crippen molar-refractivity contribution in [2.45, 2.75) is 19.4 Å². The van der Waals surface area contributed by atoms with E-state index in [4.69, 9.17) is 15.2 Å². The molecule has 0 bridgehead atoms. The van der Waals surface area contributed by atoms with Crippen LogP contribution in [0.4, 0.5) is 5.69 Å². The molecule has 1 unspecified atom stereocenters. The molecule has 16 heavy (non-hydrogen) atoms. The zero-order chi connectivity index (χ0) is 12.0. The summed E-state index contributed by atoms with van der Waals surface area (Å²) < 4.78 is 10.0. The molecule has 0 aliphatic carbocycles. The number of nitrogen functional groups attached to an aromatic ring is 1. The van der Waals surface area contributed by atoms with E-state index in [0.29, 0.717) is 5.69 Å². The Morgan fingerprint density at radius 3 is 2.75 bits per heavy atom. The van der Waals surface area contributed by atoms with Gasteiger partial charge in [0.15, 0.2) is 0 Å². The standard InChI is InChI=1S/C12H17NO3/c1-9(15-2)8-16-12(14)7-10-5-3-4-6-11(10)13/h3-6,9H,7-8,13H2,1-2H3. The highest BCUT2D eigenvalue weighted by atomic mass is 16.6. The minimum Gasteiger partial charge on any atom is -0.463 e. The SMILES string of the molecule is COC(C)COC(=O)Cc1ccccc1N. The summed E-state index contributed by atoms with van der Waals surface area (Å²) in [6.07, 6.45) is 0.111. The molecular weight excluding hydrogens is 206 g/mol.